The Morgan fingerprint density at radius 2 is 1.69 bits per heavy atom. The molecule has 1 N–H and O–H groups in total. The van der Waals surface area contributed by atoms with Crippen LogP contribution in [0.15, 0.2) is 72.8 Å². The standard InChI is InChI=1S/C24H23ClN2O2/c25-19-12-13-22(27-14-6-7-15-27)21(16-19)26-24(28)17-29-23-11-5-4-10-20(23)18-8-2-1-3-9-18/h1-5,8-13,16H,6-7,14-15,17H2,(H,26,28). The molecule has 4 rings (SSSR count). The Labute approximate surface area is 176 Å². The lowest BCUT2D eigenvalue weighted by molar-refractivity contribution is -0.118. The zero-order valence-electron chi connectivity index (χ0n) is 16.1. The summed E-state index contributed by atoms with van der Waals surface area (Å²) in [7, 11) is 0. The number of nitrogens with zero attached hydrogens (tertiary/aromatic N) is 1. The molecule has 1 fully saturated rings. The fraction of sp³-hybridized carbons (Fsp3) is 0.208. The molecule has 0 spiro atoms. The molecule has 0 aromatic heterocycles. The molecule has 1 aliphatic heterocycles. The van der Waals surface area contributed by atoms with Gasteiger partial charge in [0, 0.05) is 23.7 Å². The minimum Gasteiger partial charge on any atom is -0.483 e. The van der Waals surface area contributed by atoms with Gasteiger partial charge in [0.25, 0.3) is 5.91 Å². The van der Waals surface area contributed by atoms with E-state index >= 15 is 0 Å². The predicted molar refractivity (Wildman–Crippen MR) is 119 cm³/mol. The maximum absolute atomic E-state index is 12.6. The molecule has 0 saturated carbocycles. The highest BCUT2D eigenvalue weighted by Crippen LogP contribution is 2.32. The van der Waals surface area contributed by atoms with Crippen LogP contribution in [0.4, 0.5) is 11.4 Å². The Balaban J connectivity index is 1.46. The second-order valence-corrected chi connectivity index (χ2v) is 7.49. The number of carbonyl (C=O) groups is 1. The van der Waals surface area contributed by atoms with Gasteiger partial charge in [0.05, 0.1) is 11.4 Å². The molecule has 148 valence electrons. The second kappa shape index (κ2) is 9.01. The van der Waals surface area contributed by atoms with Gasteiger partial charge < -0.3 is 15.0 Å². The summed E-state index contributed by atoms with van der Waals surface area (Å²) < 4.78 is 5.86. The first-order valence-corrected chi connectivity index (χ1v) is 10.2. The van der Waals surface area contributed by atoms with E-state index in [2.05, 4.69) is 10.2 Å². The van der Waals surface area contributed by atoms with Crippen LogP contribution in [-0.2, 0) is 4.79 Å². The monoisotopic (exact) mass is 406 g/mol. The van der Waals surface area contributed by atoms with Crippen molar-refractivity contribution in [3.63, 3.8) is 0 Å². The van der Waals surface area contributed by atoms with Crippen LogP contribution in [-0.4, -0.2) is 25.6 Å². The number of para-hydroxylation sites is 1. The smallest absolute Gasteiger partial charge is 0.262 e. The van der Waals surface area contributed by atoms with Crippen LogP contribution < -0.4 is 15.0 Å². The molecule has 5 heteroatoms. The zero-order chi connectivity index (χ0) is 20.1. The molecule has 0 aliphatic carbocycles. The molecule has 1 amide bonds. The third kappa shape index (κ3) is 4.72. The van der Waals surface area contributed by atoms with Crippen LogP contribution >= 0.6 is 11.6 Å². The van der Waals surface area contributed by atoms with Gasteiger partial charge in [-0.15, -0.1) is 0 Å². The van der Waals surface area contributed by atoms with Crippen molar-refractivity contribution in [3.05, 3.63) is 77.8 Å². The van der Waals surface area contributed by atoms with Crippen molar-refractivity contribution in [2.75, 3.05) is 29.9 Å². The molecular weight excluding hydrogens is 384 g/mol. The average Bonchev–Trinajstić information content (AvgIpc) is 3.28. The molecule has 3 aromatic rings. The summed E-state index contributed by atoms with van der Waals surface area (Å²) in [5, 5.41) is 3.56. The van der Waals surface area contributed by atoms with Gasteiger partial charge in [-0.3, -0.25) is 4.79 Å². The van der Waals surface area contributed by atoms with Gasteiger partial charge in [-0.2, -0.15) is 0 Å². The molecule has 1 saturated heterocycles. The molecule has 4 nitrogen and oxygen atoms in total. The highest BCUT2D eigenvalue weighted by molar-refractivity contribution is 6.31. The summed E-state index contributed by atoms with van der Waals surface area (Å²) in [6, 6.07) is 23.4. The summed E-state index contributed by atoms with van der Waals surface area (Å²) in [6.07, 6.45) is 2.32. The Morgan fingerprint density at radius 1 is 0.966 bits per heavy atom. The number of amides is 1. The van der Waals surface area contributed by atoms with Gasteiger partial charge in [0.15, 0.2) is 6.61 Å². The van der Waals surface area contributed by atoms with Crippen molar-refractivity contribution in [1.82, 2.24) is 0 Å². The molecule has 0 bridgehead atoms. The van der Waals surface area contributed by atoms with Crippen molar-refractivity contribution in [2.24, 2.45) is 0 Å². The SMILES string of the molecule is O=C(COc1ccccc1-c1ccccc1)Nc1cc(Cl)ccc1N1CCCC1. The van der Waals surface area contributed by atoms with Crippen molar-refractivity contribution in [2.45, 2.75) is 12.8 Å². The number of carbonyl (C=O) groups excluding carboxylic acids is 1. The van der Waals surface area contributed by atoms with Gasteiger partial charge in [0.1, 0.15) is 5.75 Å². The number of ether oxygens (including phenoxy) is 1. The predicted octanol–water partition coefficient (Wildman–Crippen LogP) is 5.62. The van der Waals surface area contributed by atoms with Gasteiger partial charge in [-0.05, 0) is 42.7 Å². The van der Waals surface area contributed by atoms with E-state index in [1.807, 2.05) is 66.7 Å². The van der Waals surface area contributed by atoms with Crippen LogP contribution in [0, 0.1) is 0 Å². The van der Waals surface area contributed by atoms with E-state index in [-0.39, 0.29) is 12.5 Å². The van der Waals surface area contributed by atoms with Crippen LogP contribution in [0.3, 0.4) is 0 Å². The van der Waals surface area contributed by atoms with Crippen molar-refractivity contribution in [3.8, 4) is 16.9 Å². The van der Waals surface area contributed by atoms with Crippen LogP contribution in [0.1, 0.15) is 12.8 Å². The van der Waals surface area contributed by atoms with E-state index in [4.69, 9.17) is 16.3 Å². The molecule has 3 aromatic carbocycles. The van der Waals surface area contributed by atoms with E-state index in [1.54, 1.807) is 6.07 Å². The number of nitrogens with one attached hydrogen (secondary N) is 1. The first-order chi connectivity index (χ1) is 14.2. The maximum atomic E-state index is 12.6. The highest BCUT2D eigenvalue weighted by atomic mass is 35.5. The van der Waals surface area contributed by atoms with Crippen molar-refractivity contribution >= 4 is 28.9 Å². The Hall–Kier alpha value is -2.98. The van der Waals surface area contributed by atoms with Crippen molar-refractivity contribution < 1.29 is 9.53 Å². The third-order valence-corrected chi connectivity index (χ3v) is 5.25. The molecular formula is C24H23ClN2O2. The zero-order valence-corrected chi connectivity index (χ0v) is 16.9. The summed E-state index contributed by atoms with van der Waals surface area (Å²) in [4.78, 5) is 14.9. The molecule has 0 unspecified atom stereocenters. The fourth-order valence-corrected chi connectivity index (χ4v) is 3.79. The number of halogens is 1. The minimum absolute atomic E-state index is 0.0736. The quantitative estimate of drug-likeness (QED) is 0.577. The molecule has 0 atom stereocenters. The molecule has 0 radical (unpaired) electrons. The summed E-state index contributed by atoms with van der Waals surface area (Å²) in [5.41, 5.74) is 3.74. The molecule has 1 heterocycles. The lowest BCUT2D eigenvalue weighted by Gasteiger charge is -2.22. The van der Waals surface area contributed by atoms with E-state index in [9.17, 15) is 4.79 Å². The normalized spacial score (nSPS) is 13.3. The Morgan fingerprint density at radius 3 is 2.48 bits per heavy atom. The lowest BCUT2D eigenvalue weighted by Crippen LogP contribution is -2.24. The van der Waals surface area contributed by atoms with Crippen molar-refractivity contribution in [1.29, 1.82) is 0 Å². The fourth-order valence-electron chi connectivity index (χ4n) is 3.62. The van der Waals surface area contributed by atoms with Crippen LogP contribution in [0.5, 0.6) is 5.75 Å². The maximum Gasteiger partial charge on any atom is 0.262 e. The Kier molecular flexibility index (Phi) is 6.01. The lowest BCUT2D eigenvalue weighted by atomic mass is 10.1. The largest absolute Gasteiger partial charge is 0.483 e. The topological polar surface area (TPSA) is 41.6 Å². The number of benzene rings is 3. The first kappa shape index (κ1) is 19.3. The van der Waals surface area contributed by atoms with Gasteiger partial charge in [-0.1, -0.05) is 60.1 Å². The van der Waals surface area contributed by atoms with E-state index < -0.39 is 0 Å². The van der Waals surface area contributed by atoms with E-state index in [0.29, 0.717) is 10.8 Å². The van der Waals surface area contributed by atoms with E-state index in [0.717, 1.165) is 48.4 Å². The number of rotatable bonds is 6. The molecule has 29 heavy (non-hydrogen) atoms. The average molecular weight is 407 g/mol. The number of hydrogen-bond acceptors (Lipinski definition) is 3. The number of hydrogen-bond donors (Lipinski definition) is 1. The minimum atomic E-state index is -0.212. The number of anilines is 2. The summed E-state index contributed by atoms with van der Waals surface area (Å²) >= 11 is 6.17. The Bertz CT molecular complexity index is 985. The first-order valence-electron chi connectivity index (χ1n) is 9.82. The van der Waals surface area contributed by atoms with Crippen LogP contribution in [0.2, 0.25) is 5.02 Å². The third-order valence-electron chi connectivity index (χ3n) is 5.01. The second-order valence-electron chi connectivity index (χ2n) is 7.05. The van der Waals surface area contributed by atoms with E-state index in [1.165, 1.54) is 0 Å². The molecule has 1 aliphatic rings. The summed E-state index contributed by atoms with van der Waals surface area (Å²) in [5.74, 6) is 0.468. The van der Waals surface area contributed by atoms with Gasteiger partial charge >= 0.3 is 0 Å². The van der Waals surface area contributed by atoms with Gasteiger partial charge in [-0.25, -0.2) is 0 Å². The van der Waals surface area contributed by atoms with Gasteiger partial charge in [0.2, 0.25) is 0 Å². The summed E-state index contributed by atoms with van der Waals surface area (Å²) in [6.45, 7) is 1.91. The highest BCUT2D eigenvalue weighted by Gasteiger charge is 2.18. The van der Waals surface area contributed by atoms with Crippen LogP contribution in [0.25, 0.3) is 11.1 Å².